The first-order chi connectivity index (χ1) is 15.7. The maximum Gasteiger partial charge on any atom is 0.416 e. The Hall–Kier alpha value is -3.34. The molecule has 3 aromatic carbocycles. The van der Waals surface area contributed by atoms with Crippen molar-refractivity contribution < 1.29 is 17.9 Å². The number of aromatic nitrogens is 1. The summed E-state index contributed by atoms with van der Waals surface area (Å²) in [7, 11) is 0. The van der Waals surface area contributed by atoms with Gasteiger partial charge >= 0.3 is 6.18 Å². The minimum atomic E-state index is -4.37. The summed E-state index contributed by atoms with van der Waals surface area (Å²) in [6.45, 7) is 6.87. The van der Waals surface area contributed by atoms with Crippen molar-refractivity contribution in [2.75, 3.05) is 6.61 Å². The third kappa shape index (κ3) is 5.36. The number of aryl methyl sites for hydroxylation is 1. The molecule has 1 heterocycles. The van der Waals surface area contributed by atoms with Gasteiger partial charge in [-0.1, -0.05) is 50.2 Å². The summed E-state index contributed by atoms with van der Waals surface area (Å²) in [5.41, 5.74) is 4.46. The number of nitrogens with zero attached hydrogens (tertiary/aromatic N) is 1. The van der Waals surface area contributed by atoms with Crippen LogP contribution >= 0.6 is 0 Å². The fourth-order valence-corrected chi connectivity index (χ4v) is 3.71. The van der Waals surface area contributed by atoms with E-state index in [2.05, 4.69) is 18.8 Å². The van der Waals surface area contributed by atoms with E-state index in [9.17, 15) is 13.2 Å². The Morgan fingerprint density at radius 3 is 2.03 bits per heavy atom. The Kier molecular flexibility index (Phi) is 6.41. The van der Waals surface area contributed by atoms with Crippen molar-refractivity contribution in [1.82, 2.24) is 4.98 Å². The Morgan fingerprint density at radius 2 is 1.42 bits per heavy atom. The molecule has 170 valence electrons. The Morgan fingerprint density at radius 1 is 0.818 bits per heavy atom. The number of alkyl halides is 3. The number of hydrogen-bond acceptors (Lipinski definition) is 2. The van der Waals surface area contributed by atoms with E-state index in [4.69, 9.17) is 4.74 Å². The van der Waals surface area contributed by atoms with Gasteiger partial charge < -0.3 is 4.74 Å². The molecule has 0 aliphatic heterocycles. The van der Waals surface area contributed by atoms with Gasteiger partial charge in [0, 0.05) is 10.9 Å². The van der Waals surface area contributed by atoms with Crippen LogP contribution in [0.2, 0.25) is 0 Å². The molecular weight excluding hydrogens is 423 g/mol. The van der Waals surface area contributed by atoms with Crippen LogP contribution in [0.5, 0.6) is 5.75 Å². The van der Waals surface area contributed by atoms with Gasteiger partial charge in [-0.25, -0.2) is 4.98 Å². The summed E-state index contributed by atoms with van der Waals surface area (Å²) in [6.07, 6.45) is -3.34. The van der Waals surface area contributed by atoms with Crippen LogP contribution in [0, 0.1) is 12.8 Å². The third-order valence-electron chi connectivity index (χ3n) is 5.68. The van der Waals surface area contributed by atoms with Gasteiger partial charge in [-0.05, 0) is 72.4 Å². The second kappa shape index (κ2) is 9.26. The van der Waals surface area contributed by atoms with Crippen LogP contribution in [0.15, 0.2) is 72.8 Å². The van der Waals surface area contributed by atoms with Crippen LogP contribution in [0.3, 0.4) is 0 Å². The van der Waals surface area contributed by atoms with Crippen LogP contribution < -0.4 is 4.74 Å². The molecular formula is C28H26F3NO. The predicted molar refractivity (Wildman–Crippen MR) is 127 cm³/mol. The molecule has 33 heavy (non-hydrogen) atoms. The number of fused-ring (bicyclic) bond motifs is 1. The first kappa shape index (κ1) is 22.8. The molecule has 0 aliphatic carbocycles. The lowest BCUT2D eigenvalue weighted by Gasteiger charge is -2.11. The van der Waals surface area contributed by atoms with E-state index < -0.39 is 11.7 Å². The van der Waals surface area contributed by atoms with Crippen LogP contribution in [0.1, 0.15) is 31.4 Å². The zero-order valence-electron chi connectivity index (χ0n) is 18.9. The molecule has 2 nitrogen and oxygen atoms in total. The SMILES string of the molecule is Cc1cc(-c2ccc(-c3ccc(OCCC(C)C)cc3)cc2)nc2ccc(C(F)(F)F)cc12. The third-order valence-corrected chi connectivity index (χ3v) is 5.68. The first-order valence-corrected chi connectivity index (χ1v) is 11.0. The fourth-order valence-electron chi connectivity index (χ4n) is 3.71. The summed E-state index contributed by atoms with van der Waals surface area (Å²) >= 11 is 0. The van der Waals surface area contributed by atoms with Crippen LogP contribution in [-0.2, 0) is 6.18 Å². The molecule has 0 spiro atoms. The highest BCUT2D eigenvalue weighted by molar-refractivity contribution is 5.86. The molecule has 1 aromatic heterocycles. The minimum Gasteiger partial charge on any atom is -0.494 e. The monoisotopic (exact) mass is 449 g/mol. The van der Waals surface area contributed by atoms with Crippen LogP contribution in [-0.4, -0.2) is 11.6 Å². The van der Waals surface area contributed by atoms with Gasteiger partial charge in [0.1, 0.15) is 5.75 Å². The molecule has 0 amide bonds. The number of benzene rings is 3. The second-order valence-corrected chi connectivity index (χ2v) is 8.69. The number of pyridine rings is 1. The molecule has 0 saturated heterocycles. The summed E-state index contributed by atoms with van der Waals surface area (Å²) in [4.78, 5) is 4.60. The second-order valence-electron chi connectivity index (χ2n) is 8.69. The molecule has 0 radical (unpaired) electrons. The lowest BCUT2D eigenvalue weighted by atomic mass is 10.0. The molecule has 0 saturated carbocycles. The molecule has 4 aromatic rings. The maximum absolute atomic E-state index is 13.0. The zero-order valence-corrected chi connectivity index (χ0v) is 18.9. The molecule has 0 atom stereocenters. The standard InChI is InChI=1S/C28H26F3NO/c1-18(2)14-15-33-24-11-8-21(9-12-24)20-4-6-22(7-5-20)27-16-19(3)25-17-23(28(29,30)31)10-13-26(25)32-27/h4-13,16-18H,14-15H2,1-3H3. The Bertz CT molecular complexity index is 1240. The van der Waals surface area contributed by atoms with Gasteiger partial charge in [0.25, 0.3) is 0 Å². The van der Waals surface area contributed by atoms with Crippen molar-refractivity contribution in [2.24, 2.45) is 5.92 Å². The zero-order chi connectivity index (χ0) is 23.6. The van der Waals surface area contributed by atoms with E-state index in [-0.39, 0.29) is 0 Å². The van der Waals surface area contributed by atoms with Gasteiger partial charge in [0.05, 0.1) is 23.4 Å². The number of rotatable bonds is 6. The first-order valence-electron chi connectivity index (χ1n) is 11.0. The molecule has 5 heteroatoms. The van der Waals surface area contributed by atoms with Gasteiger partial charge in [-0.15, -0.1) is 0 Å². The van der Waals surface area contributed by atoms with Gasteiger partial charge in [-0.2, -0.15) is 13.2 Å². The van der Waals surface area contributed by atoms with E-state index in [1.165, 1.54) is 12.1 Å². The van der Waals surface area contributed by atoms with Crippen molar-refractivity contribution in [2.45, 2.75) is 33.4 Å². The molecule has 0 bridgehead atoms. The average molecular weight is 450 g/mol. The van der Waals surface area contributed by atoms with Crippen molar-refractivity contribution in [3.05, 3.63) is 83.9 Å². The van der Waals surface area contributed by atoms with E-state index in [1.807, 2.05) is 61.5 Å². The smallest absolute Gasteiger partial charge is 0.416 e. The molecule has 4 rings (SSSR count). The quantitative estimate of drug-likeness (QED) is 0.295. The van der Waals surface area contributed by atoms with Crippen molar-refractivity contribution in [3.8, 4) is 28.1 Å². The summed E-state index contributed by atoms with van der Waals surface area (Å²) in [5.74, 6) is 1.47. The maximum atomic E-state index is 13.0. The Labute approximate surface area is 192 Å². The Balaban J connectivity index is 1.54. The van der Waals surface area contributed by atoms with Gasteiger partial charge in [0.2, 0.25) is 0 Å². The van der Waals surface area contributed by atoms with Gasteiger partial charge in [0.15, 0.2) is 0 Å². The fraction of sp³-hybridized carbons (Fsp3) is 0.250. The van der Waals surface area contributed by atoms with Crippen molar-refractivity contribution >= 4 is 10.9 Å². The molecule has 0 N–H and O–H groups in total. The van der Waals surface area contributed by atoms with E-state index >= 15 is 0 Å². The summed E-state index contributed by atoms with van der Waals surface area (Å²) in [5, 5.41) is 0.515. The van der Waals surface area contributed by atoms with E-state index in [0.717, 1.165) is 46.2 Å². The highest BCUT2D eigenvalue weighted by atomic mass is 19.4. The normalized spacial score (nSPS) is 11.8. The number of hydrogen-bond donors (Lipinski definition) is 0. The minimum absolute atomic E-state index is 0.515. The molecule has 0 aliphatic rings. The topological polar surface area (TPSA) is 22.1 Å². The van der Waals surface area contributed by atoms with Crippen molar-refractivity contribution in [3.63, 3.8) is 0 Å². The highest BCUT2D eigenvalue weighted by Gasteiger charge is 2.30. The highest BCUT2D eigenvalue weighted by Crippen LogP contribution is 2.33. The van der Waals surface area contributed by atoms with Crippen LogP contribution in [0.4, 0.5) is 13.2 Å². The molecule has 0 fully saturated rings. The summed E-state index contributed by atoms with van der Waals surface area (Å²) in [6, 6.07) is 21.6. The van der Waals surface area contributed by atoms with Gasteiger partial charge in [-0.3, -0.25) is 0 Å². The van der Waals surface area contributed by atoms with E-state index in [1.54, 1.807) is 0 Å². The molecule has 0 unspecified atom stereocenters. The van der Waals surface area contributed by atoms with Crippen LogP contribution in [0.25, 0.3) is 33.3 Å². The lowest BCUT2D eigenvalue weighted by molar-refractivity contribution is -0.137. The predicted octanol–water partition coefficient (Wildman–Crippen LogP) is 8.32. The summed E-state index contributed by atoms with van der Waals surface area (Å²) < 4.78 is 44.9. The lowest BCUT2D eigenvalue weighted by Crippen LogP contribution is -2.04. The number of halogens is 3. The van der Waals surface area contributed by atoms with Crippen molar-refractivity contribution in [1.29, 1.82) is 0 Å². The average Bonchev–Trinajstić information content (AvgIpc) is 2.78. The number of ether oxygens (including phenoxy) is 1. The largest absolute Gasteiger partial charge is 0.494 e. The van der Waals surface area contributed by atoms with E-state index in [0.29, 0.717) is 23.4 Å².